The maximum atomic E-state index is 12.0. The summed E-state index contributed by atoms with van der Waals surface area (Å²) in [5.41, 5.74) is 8.04. The molecule has 0 fully saturated rings. The highest BCUT2D eigenvalue weighted by molar-refractivity contribution is 5.89. The molecule has 0 aliphatic heterocycles. The Kier molecular flexibility index (Phi) is 5.91. The van der Waals surface area contributed by atoms with Crippen molar-refractivity contribution in [2.24, 2.45) is 5.73 Å². The van der Waals surface area contributed by atoms with Gasteiger partial charge in [-0.15, -0.1) is 0 Å². The zero-order valence-corrected chi connectivity index (χ0v) is 11.8. The summed E-state index contributed by atoms with van der Waals surface area (Å²) in [5.74, 6) is 5.79. The Labute approximate surface area is 115 Å². The van der Waals surface area contributed by atoms with Gasteiger partial charge < -0.3 is 16.0 Å². The Hall–Kier alpha value is -1.99. The zero-order chi connectivity index (χ0) is 14.3. The molecule has 4 nitrogen and oxygen atoms in total. The number of amides is 2. The highest BCUT2D eigenvalue weighted by Gasteiger charge is 2.09. The monoisotopic (exact) mass is 259 g/mol. The molecule has 0 atom stereocenters. The predicted octanol–water partition coefficient (Wildman–Crippen LogP) is 2.18. The van der Waals surface area contributed by atoms with Crippen molar-refractivity contribution in [2.45, 2.75) is 20.8 Å². The molecule has 0 aromatic heterocycles. The molecule has 0 aliphatic carbocycles. The molecule has 0 unspecified atom stereocenters. The van der Waals surface area contributed by atoms with Crippen LogP contribution in [0.3, 0.4) is 0 Å². The van der Waals surface area contributed by atoms with Crippen LogP contribution < -0.4 is 11.1 Å². The molecule has 102 valence electrons. The van der Waals surface area contributed by atoms with Crippen molar-refractivity contribution in [3.63, 3.8) is 0 Å². The van der Waals surface area contributed by atoms with Crippen molar-refractivity contribution in [3.05, 3.63) is 29.3 Å². The van der Waals surface area contributed by atoms with Crippen LogP contribution in [0.5, 0.6) is 0 Å². The quantitative estimate of drug-likeness (QED) is 0.817. The molecule has 0 saturated carbocycles. The number of carbonyl (C=O) groups excluding carboxylic acids is 1. The first kappa shape index (κ1) is 15.1. The summed E-state index contributed by atoms with van der Waals surface area (Å²) >= 11 is 0. The van der Waals surface area contributed by atoms with E-state index >= 15 is 0 Å². The second-order valence-electron chi connectivity index (χ2n) is 4.20. The van der Waals surface area contributed by atoms with E-state index in [9.17, 15) is 4.79 Å². The number of rotatable bonds is 3. The van der Waals surface area contributed by atoms with Crippen molar-refractivity contribution in [3.8, 4) is 11.8 Å². The molecule has 0 bridgehead atoms. The number of nitrogens with two attached hydrogens (primary N) is 1. The first-order valence-electron chi connectivity index (χ1n) is 6.47. The maximum absolute atomic E-state index is 12.0. The van der Waals surface area contributed by atoms with Crippen LogP contribution in [-0.2, 0) is 0 Å². The van der Waals surface area contributed by atoms with Gasteiger partial charge in [0.05, 0.1) is 6.54 Å². The van der Waals surface area contributed by atoms with E-state index in [4.69, 9.17) is 5.73 Å². The normalized spacial score (nSPS) is 9.47. The molecule has 0 saturated heterocycles. The molecular formula is C15H21N3O. The van der Waals surface area contributed by atoms with Gasteiger partial charge in [0.2, 0.25) is 0 Å². The first-order chi connectivity index (χ1) is 9.10. The Balaban J connectivity index is 2.89. The summed E-state index contributed by atoms with van der Waals surface area (Å²) in [4.78, 5) is 13.7. The number of hydrogen-bond acceptors (Lipinski definition) is 2. The molecule has 19 heavy (non-hydrogen) atoms. The van der Waals surface area contributed by atoms with E-state index in [1.54, 1.807) is 4.90 Å². The van der Waals surface area contributed by atoms with E-state index in [0.29, 0.717) is 19.6 Å². The van der Waals surface area contributed by atoms with Gasteiger partial charge in [-0.3, -0.25) is 0 Å². The fourth-order valence-corrected chi connectivity index (χ4v) is 1.79. The third kappa shape index (κ3) is 4.65. The third-order valence-corrected chi connectivity index (χ3v) is 2.71. The van der Waals surface area contributed by atoms with Crippen LogP contribution >= 0.6 is 0 Å². The minimum absolute atomic E-state index is 0.0895. The van der Waals surface area contributed by atoms with Gasteiger partial charge in [0, 0.05) is 24.3 Å². The SMILES string of the molecule is CCN(CC)C(=O)Nc1cc(C)cc(C#CCN)c1. The Morgan fingerprint density at radius 2 is 2.00 bits per heavy atom. The molecule has 0 aliphatic rings. The van der Waals surface area contributed by atoms with Gasteiger partial charge in [-0.05, 0) is 44.5 Å². The lowest BCUT2D eigenvalue weighted by Gasteiger charge is -2.19. The second kappa shape index (κ2) is 7.45. The first-order valence-corrected chi connectivity index (χ1v) is 6.47. The predicted molar refractivity (Wildman–Crippen MR) is 79.1 cm³/mol. The molecule has 1 rings (SSSR count). The van der Waals surface area contributed by atoms with E-state index in [2.05, 4.69) is 17.2 Å². The van der Waals surface area contributed by atoms with Gasteiger partial charge in [-0.1, -0.05) is 11.8 Å². The van der Waals surface area contributed by atoms with Gasteiger partial charge in [-0.2, -0.15) is 0 Å². The van der Waals surface area contributed by atoms with Gasteiger partial charge in [0.15, 0.2) is 0 Å². The lowest BCUT2D eigenvalue weighted by molar-refractivity contribution is 0.217. The summed E-state index contributed by atoms with van der Waals surface area (Å²) in [6.45, 7) is 7.59. The average Bonchev–Trinajstić information content (AvgIpc) is 2.37. The molecule has 3 N–H and O–H groups in total. The number of carbonyl (C=O) groups is 1. The lowest BCUT2D eigenvalue weighted by atomic mass is 10.1. The van der Waals surface area contributed by atoms with Crippen molar-refractivity contribution >= 4 is 11.7 Å². The highest BCUT2D eigenvalue weighted by atomic mass is 16.2. The smallest absolute Gasteiger partial charge is 0.321 e. The van der Waals surface area contributed by atoms with Crippen molar-refractivity contribution in [1.82, 2.24) is 4.90 Å². The molecule has 1 aromatic carbocycles. The summed E-state index contributed by atoms with van der Waals surface area (Å²) < 4.78 is 0. The van der Waals surface area contributed by atoms with Crippen molar-refractivity contribution in [1.29, 1.82) is 0 Å². The van der Waals surface area contributed by atoms with Crippen LogP contribution in [0, 0.1) is 18.8 Å². The molecule has 0 radical (unpaired) electrons. The van der Waals surface area contributed by atoms with E-state index in [0.717, 1.165) is 16.8 Å². The number of aryl methyl sites for hydroxylation is 1. The molecule has 0 heterocycles. The zero-order valence-electron chi connectivity index (χ0n) is 11.8. The van der Waals surface area contributed by atoms with Crippen molar-refractivity contribution in [2.75, 3.05) is 25.0 Å². The molecular weight excluding hydrogens is 238 g/mol. The Bertz CT molecular complexity index is 496. The second-order valence-corrected chi connectivity index (χ2v) is 4.20. The number of hydrogen-bond donors (Lipinski definition) is 2. The largest absolute Gasteiger partial charge is 0.325 e. The van der Waals surface area contributed by atoms with E-state index < -0.39 is 0 Å². The van der Waals surface area contributed by atoms with Crippen LogP contribution in [-0.4, -0.2) is 30.6 Å². The minimum Gasteiger partial charge on any atom is -0.325 e. The summed E-state index contributed by atoms with van der Waals surface area (Å²) in [6.07, 6.45) is 0. The van der Waals surface area contributed by atoms with Crippen LogP contribution in [0.15, 0.2) is 18.2 Å². The number of urea groups is 1. The van der Waals surface area contributed by atoms with Gasteiger partial charge in [-0.25, -0.2) is 4.79 Å². The third-order valence-electron chi connectivity index (χ3n) is 2.71. The molecule has 2 amide bonds. The van der Waals surface area contributed by atoms with Crippen LogP contribution in [0.4, 0.5) is 10.5 Å². The molecule has 0 spiro atoms. The minimum atomic E-state index is -0.0895. The highest BCUT2D eigenvalue weighted by Crippen LogP contribution is 2.14. The maximum Gasteiger partial charge on any atom is 0.321 e. The van der Waals surface area contributed by atoms with Crippen LogP contribution in [0.25, 0.3) is 0 Å². The lowest BCUT2D eigenvalue weighted by Crippen LogP contribution is -2.34. The van der Waals surface area contributed by atoms with E-state index in [-0.39, 0.29) is 6.03 Å². The van der Waals surface area contributed by atoms with Crippen molar-refractivity contribution < 1.29 is 4.79 Å². The topological polar surface area (TPSA) is 58.4 Å². The van der Waals surface area contributed by atoms with E-state index in [1.807, 2.05) is 39.0 Å². The fraction of sp³-hybridized carbons (Fsp3) is 0.400. The number of anilines is 1. The summed E-state index contributed by atoms with van der Waals surface area (Å²) in [5, 5.41) is 2.89. The van der Waals surface area contributed by atoms with Gasteiger partial charge in [0.1, 0.15) is 0 Å². The van der Waals surface area contributed by atoms with Gasteiger partial charge >= 0.3 is 6.03 Å². The summed E-state index contributed by atoms with van der Waals surface area (Å²) in [7, 11) is 0. The standard InChI is InChI=1S/C15H21N3O/c1-4-18(5-2)15(19)17-14-10-12(3)9-13(11-14)7-6-8-16/h9-11H,4-5,8,16H2,1-3H3,(H,17,19). The fourth-order valence-electron chi connectivity index (χ4n) is 1.79. The Morgan fingerprint density at radius 3 is 2.58 bits per heavy atom. The van der Waals surface area contributed by atoms with Crippen LogP contribution in [0.2, 0.25) is 0 Å². The molecule has 1 aromatic rings. The van der Waals surface area contributed by atoms with Gasteiger partial charge in [0.25, 0.3) is 0 Å². The average molecular weight is 259 g/mol. The number of nitrogens with zero attached hydrogens (tertiary/aromatic N) is 1. The molecule has 4 heteroatoms. The van der Waals surface area contributed by atoms with E-state index in [1.165, 1.54) is 0 Å². The number of benzene rings is 1. The van der Waals surface area contributed by atoms with Crippen LogP contribution in [0.1, 0.15) is 25.0 Å². The Morgan fingerprint density at radius 1 is 1.32 bits per heavy atom. The summed E-state index contributed by atoms with van der Waals surface area (Å²) in [6, 6.07) is 5.66. The number of nitrogens with one attached hydrogen (secondary N) is 1.